The van der Waals surface area contributed by atoms with Crippen LogP contribution in [0.5, 0.6) is 0 Å². The van der Waals surface area contributed by atoms with Gasteiger partial charge in [0.05, 0.1) is 0 Å². The highest BCUT2D eigenvalue weighted by Gasteiger charge is 2.33. The first kappa shape index (κ1) is 21.7. The Morgan fingerprint density at radius 1 is 0.708 bits per heavy atom. The van der Waals surface area contributed by atoms with Gasteiger partial charge in [-0.2, -0.15) is 0 Å². The average Bonchev–Trinajstić information content (AvgIpc) is 2.57. The molecule has 0 spiro atoms. The van der Waals surface area contributed by atoms with Crippen LogP contribution < -0.4 is 0 Å². The number of hydrogen-bond acceptors (Lipinski definition) is 0. The summed E-state index contributed by atoms with van der Waals surface area (Å²) >= 11 is 0. The van der Waals surface area contributed by atoms with E-state index in [0.29, 0.717) is 0 Å². The Morgan fingerprint density at radius 3 is 1.42 bits per heavy atom. The van der Waals surface area contributed by atoms with Gasteiger partial charge in [0.25, 0.3) is 0 Å². The van der Waals surface area contributed by atoms with E-state index >= 15 is 0 Å². The lowest BCUT2D eigenvalue weighted by molar-refractivity contribution is 0.106. The van der Waals surface area contributed by atoms with Crippen LogP contribution in [0.1, 0.15) is 101 Å². The maximum atomic E-state index is 3.92. The van der Waals surface area contributed by atoms with Crippen molar-refractivity contribution in [2.75, 3.05) is 0 Å². The standard InChI is InChI=1S/C22H38.CH4.H2O.2H2/c1-3-4-18-7-11-20(12-8-18)22-15-13-21(14-16-22)19-9-5-17(2)6-10-19;;;;/h3,17-22H,1,4-16H2,2H3;1H4;1H2;2*1H. The van der Waals surface area contributed by atoms with Crippen molar-refractivity contribution in [3.63, 3.8) is 0 Å². The van der Waals surface area contributed by atoms with Crippen LogP contribution >= 0.6 is 0 Å². The van der Waals surface area contributed by atoms with Gasteiger partial charge in [0.15, 0.2) is 0 Å². The van der Waals surface area contributed by atoms with Gasteiger partial charge in [-0.05, 0) is 106 Å². The summed E-state index contributed by atoms with van der Waals surface area (Å²) < 4.78 is 0. The lowest BCUT2D eigenvalue weighted by atomic mass is 9.65. The number of hydrogen-bond donors (Lipinski definition) is 0. The molecule has 0 saturated heterocycles. The molecule has 3 fully saturated rings. The molecule has 0 amide bonds. The van der Waals surface area contributed by atoms with Crippen LogP contribution in [0.3, 0.4) is 0 Å². The van der Waals surface area contributed by atoms with Gasteiger partial charge in [0.1, 0.15) is 0 Å². The number of rotatable bonds is 4. The molecule has 0 aromatic rings. The van der Waals surface area contributed by atoms with Gasteiger partial charge in [-0.25, -0.2) is 0 Å². The fourth-order valence-electron chi connectivity index (χ4n) is 5.98. The second kappa shape index (κ2) is 10.6. The molecule has 0 heterocycles. The third kappa shape index (κ3) is 5.61. The van der Waals surface area contributed by atoms with E-state index in [4.69, 9.17) is 0 Å². The maximum Gasteiger partial charge on any atom is 0 e. The molecule has 3 aliphatic carbocycles. The summed E-state index contributed by atoms with van der Waals surface area (Å²) in [4.78, 5) is 0. The quantitative estimate of drug-likeness (QED) is 0.481. The Hall–Kier alpha value is -0.300. The van der Waals surface area contributed by atoms with Crippen molar-refractivity contribution < 1.29 is 8.33 Å². The normalized spacial score (nSPS) is 40.0. The highest BCUT2D eigenvalue weighted by Crippen LogP contribution is 2.46. The molecule has 0 aromatic heterocycles. The summed E-state index contributed by atoms with van der Waals surface area (Å²) in [6.45, 7) is 6.38. The van der Waals surface area contributed by atoms with Crippen LogP contribution in [0.2, 0.25) is 0 Å². The van der Waals surface area contributed by atoms with E-state index in [1.165, 1.54) is 44.9 Å². The van der Waals surface area contributed by atoms with Crippen molar-refractivity contribution in [2.24, 2.45) is 35.5 Å². The van der Waals surface area contributed by atoms with Crippen molar-refractivity contribution in [3.05, 3.63) is 12.7 Å². The summed E-state index contributed by atoms with van der Waals surface area (Å²) in [7, 11) is 0. The Kier molecular flexibility index (Phi) is 9.64. The first-order valence-corrected chi connectivity index (χ1v) is 10.4. The summed E-state index contributed by atoms with van der Waals surface area (Å²) in [6.07, 6.45) is 21.8. The van der Waals surface area contributed by atoms with Crippen LogP contribution in [0.25, 0.3) is 0 Å². The molecule has 0 atom stereocenters. The molecular weight excluding hydrogens is 292 g/mol. The van der Waals surface area contributed by atoms with Gasteiger partial charge in [-0.1, -0.05) is 33.3 Å². The van der Waals surface area contributed by atoms with Gasteiger partial charge >= 0.3 is 0 Å². The molecule has 0 bridgehead atoms. The van der Waals surface area contributed by atoms with E-state index in [0.717, 1.165) is 35.5 Å². The first-order chi connectivity index (χ1) is 10.8. The summed E-state index contributed by atoms with van der Waals surface area (Å²) in [5.74, 6) is 6.34. The van der Waals surface area contributed by atoms with Crippen molar-refractivity contribution in [1.82, 2.24) is 0 Å². The molecule has 3 saturated carbocycles. The SMILES string of the molecule is C.C=CCC1CCC(C2CCC(C3CCC(C)CC3)CC2)CC1.O.[HH].[HH]. The third-order valence-corrected chi connectivity index (χ3v) is 7.60. The predicted molar refractivity (Wildman–Crippen MR) is 111 cm³/mol. The minimum absolute atomic E-state index is 0. The summed E-state index contributed by atoms with van der Waals surface area (Å²) in [6, 6.07) is 0. The zero-order valence-electron chi connectivity index (χ0n) is 15.4. The Bertz CT molecular complexity index is 336. The second-order valence-corrected chi connectivity index (χ2v) is 9.00. The molecule has 1 nitrogen and oxygen atoms in total. The van der Waals surface area contributed by atoms with Crippen molar-refractivity contribution in [3.8, 4) is 0 Å². The molecule has 0 aromatic carbocycles. The average molecular weight is 341 g/mol. The van der Waals surface area contributed by atoms with Gasteiger partial charge in [0, 0.05) is 2.85 Å². The van der Waals surface area contributed by atoms with Crippen molar-refractivity contribution in [2.45, 2.75) is 97.8 Å². The number of allylic oxidation sites excluding steroid dienone is 1. The van der Waals surface area contributed by atoms with Crippen molar-refractivity contribution >= 4 is 0 Å². The minimum atomic E-state index is 0. The topological polar surface area (TPSA) is 31.5 Å². The largest absolute Gasteiger partial charge is 0.412 e. The van der Waals surface area contributed by atoms with Gasteiger partial charge < -0.3 is 5.48 Å². The minimum Gasteiger partial charge on any atom is -0.412 e. The molecule has 3 aliphatic rings. The lowest BCUT2D eigenvalue weighted by Gasteiger charge is -2.41. The lowest BCUT2D eigenvalue weighted by Crippen LogP contribution is -2.29. The molecule has 1 heteroatoms. The fraction of sp³-hybridized carbons (Fsp3) is 0.913. The Labute approximate surface area is 155 Å². The highest BCUT2D eigenvalue weighted by molar-refractivity contribution is 4.86. The van der Waals surface area contributed by atoms with Crippen LogP contribution in [0.15, 0.2) is 12.7 Å². The maximum absolute atomic E-state index is 3.92. The molecular formula is C23H48O. The smallest absolute Gasteiger partial charge is 0 e. The first-order valence-electron chi connectivity index (χ1n) is 10.4. The van der Waals surface area contributed by atoms with Crippen LogP contribution in [0.4, 0.5) is 0 Å². The van der Waals surface area contributed by atoms with Crippen LogP contribution in [-0.4, -0.2) is 5.48 Å². The Morgan fingerprint density at radius 2 is 1.04 bits per heavy atom. The van der Waals surface area contributed by atoms with E-state index in [-0.39, 0.29) is 15.8 Å². The van der Waals surface area contributed by atoms with E-state index in [1.54, 1.807) is 38.5 Å². The summed E-state index contributed by atoms with van der Waals surface area (Å²) in [5, 5.41) is 0. The van der Waals surface area contributed by atoms with Gasteiger partial charge in [-0.3, -0.25) is 0 Å². The molecule has 0 aliphatic heterocycles. The fourth-order valence-corrected chi connectivity index (χ4v) is 5.98. The third-order valence-electron chi connectivity index (χ3n) is 7.60. The zero-order chi connectivity index (χ0) is 15.4. The van der Waals surface area contributed by atoms with E-state index in [2.05, 4.69) is 19.6 Å². The Balaban J connectivity index is 0. The molecule has 0 radical (unpaired) electrons. The predicted octanol–water partition coefficient (Wildman–Crippen LogP) is 7.31. The highest BCUT2D eigenvalue weighted by atomic mass is 16.0. The van der Waals surface area contributed by atoms with Crippen LogP contribution in [-0.2, 0) is 0 Å². The molecule has 24 heavy (non-hydrogen) atoms. The van der Waals surface area contributed by atoms with E-state index in [1.807, 2.05) is 0 Å². The molecule has 3 rings (SSSR count). The van der Waals surface area contributed by atoms with Crippen molar-refractivity contribution in [1.29, 1.82) is 0 Å². The molecule has 2 N–H and O–H groups in total. The summed E-state index contributed by atoms with van der Waals surface area (Å²) in [5.41, 5.74) is 0. The van der Waals surface area contributed by atoms with Gasteiger partial charge in [-0.15, -0.1) is 6.58 Å². The van der Waals surface area contributed by atoms with Gasteiger partial charge in [0.2, 0.25) is 0 Å². The van der Waals surface area contributed by atoms with E-state index in [9.17, 15) is 0 Å². The molecule has 146 valence electrons. The van der Waals surface area contributed by atoms with E-state index < -0.39 is 0 Å². The molecule has 0 unspecified atom stereocenters. The zero-order valence-corrected chi connectivity index (χ0v) is 15.4. The second-order valence-electron chi connectivity index (χ2n) is 9.00. The monoisotopic (exact) mass is 340 g/mol. The van der Waals surface area contributed by atoms with Crippen LogP contribution in [0, 0.1) is 35.5 Å².